The van der Waals surface area contributed by atoms with Crippen LogP contribution in [0.2, 0.25) is 0 Å². The summed E-state index contributed by atoms with van der Waals surface area (Å²) >= 11 is 0. The Labute approximate surface area is 152 Å². The summed E-state index contributed by atoms with van der Waals surface area (Å²) in [5.74, 6) is 0.770. The molecular formula is C20H26N2O4. The molecule has 0 aliphatic heterocycles. The van der Waals surface area contributed by atoms with E-state index in [0.717, 1.165) is 36.8 Å². The molecule has 1 aromatic carbocycles. The van der Waals surface area contributed by atoms with E-state index in [4.69, 9.17) is 9.47 Å². The minimum Gasteiger partial charge on any atom is -0.490 e. The minimum atomic E-state index is -0.484. The summed E-state index contributed by atoms with van der Waals surface area (Å²) in [5, 5.41) is 4.46. The molecule has 0 unspecified atom stereocenters. The molecule has 1 saturated carbocycles. The van der Waals surface area contributed by atoms with Crippen molar-refractivity contribution in [3.05, 3.63) is 40.8 Å². The third kappa shape index (κ3) is 4.77. The van der Waals surface area contributed by atoms with Crippen molar-refractivity contribution >= 4 is 16.9 Å². The minimum absolute atomic E-state index is 0.0947. The monoisotopic (exact) mass is 358 g/mol. The zero-order valence-electron chi connectivity index (χ0n) is 15.5. The molecule has 1 heterocycles. The van der Waals surface area contributed by atoms with Crippen LogP contribution in [0.3, 0.4) is 0 Å². The van der Waals surface area contributed by atoms with Crippen molar-refractivity contribution in [2.45, 2.75) is 64.2 Å². The zero-order chi connectivity index (χ0) is 18.7. The van der Waals surface area contributed by atoms with Gasteiger partial charge in [0.05, 0.1) is 6.10 Å². The second-order valence-electron chi connectivity index (χ2n) is 7.79. The number of rotatable bonds is 3. The molecule has 0 bridgehead atoms. The number of aromatic nitrogens is 1. The van der Waals surface area contributed by atoms with Gasteiger partial charge in [0.2, 0.25) is 0 Å². The number of carbonyl (C=O) groups excluding carboxylic acids is 1. The smallest absolute Gasteiger partial charge is 0.407 e. The van der Waals surface area contributed by atoms with Gasteiger partial charge >= 0.3 is 6.09 Å². The number of nitrogens with one attached hydrogen (secondary N) is 2. The van der Waals surface area contributed by atoms with Gasteiger partial charge in [-0.05, 0) is 76.1 Å². The number of pyridine rings is 1. The molecule has 0 spiro atoms. The summed E-state index contributed by atoms with van der Waals surface area (Å²) in [4.78, 5) is 26.3. The maximum atomic E-state index is 11.9. The van der Waals surface area contributed by atoms with Gasteiger partial charge in [-0.25, -0.2) is 4.79 Å². The van der Waals surface area contributed by atoms with Gasteiger partial charge in [0.1, 0.15) is 11.4 Å². The summed E-state index contributed by atoms with van der Waals surface area (Å²) in [5.41, 5.74) is -0.579. The van der Waals surface area contributed by atoms with Crippen LogP contribution in [0.4, 0.5) is 4.79 Å². The molecule has 1 aliphatic rings. The first kappa shape index (κ1) is 18.3. The fourth-order valence-corrected chi connectivity index (χ4v) is 3.24. The summed E-state index contributed by atoms with van der Waals surface area (Å²) in [6.07, 6.45) is 4.85. The third-order valence-electron chi connectivity index (χ3n) is 4.44. The Morgan fingerprint density at radius 1 is 1.15 bits per heavy atom. The van der Waals surface area contributed by atoms with E-state index in [0.29, 0.717) is 5.39 Å². The van der Waals surface area contributed by atoms with E-state index >= 15 is 0 Å². The summed E-state index contributed by atoms with van der Waals surface area (Å²) < 4.78 is 11.4. The van der Waals surface area contributed by atoms with Crippen LogP contribution in [-0.2, 0) is 4.74 Å². The maximum Gasteiger partial charge on any atom is 0.407 e. The highest BCUT2D eigenvalue weighted by Crippen LogP contribution is 2.26. The number of aromatic amines is 1. The maximum absolute atomic E-state index is 11.9. The molecule has 6 heteroatoms. The zero-order valence-corrected chi connectivity index (χ0v) is 15.5. The van der Waals surface area contributed by atoms with Crippen LogP contribution in [0, 0.1) is 0 Å². The van der Waals surface area contributed by atoms with E-state index in [1.165, 1.54) is 0 Å². The average Bonchev–Trinajstić information content (AvgIpc) is 2.55. The Balaban J connectivity index is 1.53. The largest absolute Gasteiger partial charge is 0.490 e. The van der Waals surface area contributed by atoms with Crippen molar-refractivity contribution in [3.63, 3.8) is 0 Å². The van der Waals surface area contributed by atoms with E-state index in [-0.39, 0.29) is 23.8 Å². The number of hydrogen-bond donors (Lipinski definition) is 2. The molecule has 2 N–H and O–H groups in total. The van der Waals surface area contributed by atoms with E-state index in [1.807, 2.05) is 39.0 Å². The molecule has 1 fully saturated rings. The number of alkyl carbamates (subject to hydrolysis) is 1. The molecule has 0 saturated heterocycles. The van der Waals surface area contributed by atoms with Crippen molar-refractivity contribution < 1.29 is 14.3 Å². The lowest BCUT2D eigenvalue weighted by molar-refractivity contribution is 0.0471. The predicted octanol–water partition coefficient (Wildman–Crippen LogP) is 3.74. The first-order valence-electron chi connectivity index (χ1n) is 9.08. The molecule has 0 radical (unpaired) electrons. The van der Waals surface area contributed by atoms with Crippen molar-refractivity contribution in [1.82, 2.24) is 10.3 Å². The van der Waals surface area contributed by atoms with Crippen LogP contribution in [0.1, 0.15) is 46.5 Å². The number of H-pyrrole nitrogens is 1. The van der Waals surface area contributed by atoms with Gasteiger partial charge in [0, 0.05) is 17.6 Å². The number of ether oxygens (including phenoxy) is 2. The quantitative estimate of drug-likeness (QED) is 0.876. The van der Waals surface area contributed by atoms with Crippen molar-refractivity contribution in [3.8, 4) is 5.75 Å². The summed E-state index contributed by atoms with van der Waals surface area (Å²) in [6.45, 7) is 5.57. The lowest BCUT2D eigenvalue weighted by Gasteiger charge is -2.30. The highest BCUT2D eigenvalue weighted by atomic mass is 16.6. The second kappa shape index (κ2) is 7.40. The SMILES string of the molecule is CC(C)(C)OC(=O)NC1CCC(Oc2ccc3c(=O)[nH]ccc3c2)CC1. The predicted molar refractivity (Wildman–Crippen MR) is 101 cm³/mol. The summed E-state index contributed by atoms with van der Waals surface area (Å²) in [6, 6.07) is 7.52. The van der Waals surface area contributed by atoms with E-state index in [9.17, 15) is 9.59 Å². The Hall–Kier alpha value is -2.50. The standard InChI is InChI=1S/C20H26N2O4/c1-20(2,3)26-19(24)22-14-4-6-15(7-5-14)25-16-8-9-17-13(12-16)10-11-21-18(17)23/h8-12,14-15H,4-7H2,1-3H3,(H,21,23)(H,22,24). The molecule has 26 heavy (non-hydrogen) atoms. The Morgan fingerprint density at radius 2 is 1.88 bits per heavy atom. The van der Waals surface area contributed by atoms with Gasteiger partial charge in [0.25, 0.3) is 5.56 Å². The molecule has 6 nitrogen and oxygen atoms in total. The number of fused-ring (bicyclic) bond motifs is 1. The van der Waals surface area contributed by atoms with Gasteiger partial charge < -0.3 is 19.8 Å². The topological polar surface area (TPSA) is 80.4 Å². The van der Waals surface area contributed by atoms with Gasteiger partial charge in [-0.1, -0.05) is 0 Å². The Kier molecular flexibility index (Phi) is 5.20. The number of amides is 1. The average molecular weight is 358 g/mol. The van der Waals surface area contributed by atoms with Crippen molar-refractivity contribution in [2.75, 3.05) is 0 Å². The lowest BCUT2D eigenvalue weighted by atomic mass is 9.93. The Morgan fingerprint density at radius 3 is 2.58 bits per heavy atom. The van der Waals surface area contributed by atoms with Gasteiger partial charge in [-0.2, -0.15) is 0 Å². The molecule has 3 rings (SSSR count). The second-order valence-corrected chi connectivity index (χ2v) is 7.79. The molecule has 1 amide bonds. The van der Waals surface area contributed by atoms with Gasteiger partial charge in [-0.15, -0.1) is 0 Å². The Bertz CT molecular complexity index is 830. The van der Waals surface area contributed by atoms with Crippen LogP contribution in [0.25, 0.3) is 10.8 Å². The van der Waals surface area contributed by atoms with Gasteiger partial charge in [0.15, 0.2) is 0 Å². The van der Waals surface area contributed by atoms with Crippen LogP contribution in [0.5, 0.6) is 5.75 Å². The molecule has 1 aliphatic carbocycles. The molecule has 1 aromatic heterocycles. The molecule has 140 valence electrons. The van der Waals surface area contributed by atoms with Crippen molar-refractivity contribution in [2.24, 2.45) is 0 Å². The number of benzene rings is 1. The number of carbonyl (C=O) groups is 1. The van der Waals surface area contributed by atoms with Crippen molar-refractivity contribution in [1.29, 1.82) is 0 Å². The van der Waals surface area contributed by atoms with Crippen LogP contribution in [-0.4, -0.2) is 28.8 Å². The highest BCUT2D eigenvalue weighted by Gasteiger charge is 2.25. The normalized spacial score (nSPS) is 20.6. The van der Waals surface area contributed by atoms with E-state index in [2.05, 4.69) is 10.3 Å². The molecule has 2 aromatic rings. The van der Waals surface area contributed by atoms with E-state index in [1.54, 1.807) is 12.3 Å². The highest BCUT2D eigenvalue weighted by molar-refractivity contribution is 5.82. The lowest BCUT2D eigenvalue weighted by Crippen LogP contribution is -2.42. The molecule has 0 atom stereocenters. The fourth-order valence-electron chi connectivity index (χ4n) is 3.24. The van der Waals surface area contributed by atoms with E-state index < -0.39 is 5.60 Å². The first-order chi connectivity index (χ1) is 12.3. The van der Waals surface area contributed by atoms with Crippen LogP contribution >= 0.6 is 0 Å². The number of hydrogen-bond acceptors (Lipinski definition) is 4. The molecular weight excluding hydrogens is 332 g/mol. The first-order valence-corrected chi connectivity index (χ1v) is 9.08. The van der Waals surface area contributed by atoms with Crippen LogP contribution in [0.15, 0.2) is 35.3 Å². The third-order valence-corrected chi connectivity index (χ3v) is 4.44. The fraction of sp³-hybridized carbons (Fsp3) is 0.500. The summed E-state index contributed by atoms with van der Waals surface area (Å²) in [7, 11) is 0. The van der Waals surface area contributed by atoms with Crippen LogP contribution < -0.4 is 15.6 Å². The van der Waals surface area contributed by atoms with Gasteiger partial charge in [-0.3, -0.25) is 4.79 Å².